The van der Waals surface area contributed by atoms with E-state index in [1.807, 2.05) is 47.1 Å². The number of pyridine rings is 1. The molecule has 0 fully saturated rings. The van der Waals surface area contributed by atoms with Crippen molar-refractivity contribution < 1.29 is 9.59 Å². The molecule has 2 amide bonds. The van der Waals surface area contributed by atoms with Crippen LogP contribution in [-0.4, -0.2) is 50.2 Å². The molecule has 0 aliphatic rings. The van der Waals surface area contributed by atoms with Gasteiger partial charge in [-0.05, 0) is 37.3 Å². The summed E-state index contributed by atoms with van der Waals surface area (Å²) in [7, 11) is 3.32. The van der Waals surface area contributed by atoms with Crippen molar-refractivity contribution in [1.29, 1.82) is 0 Å². The minimum absolute atomic E-state index is 0.206. The number of amides is 2. The molecule has 8 nitrogen and oxygen atoms in total. The van der Waals surface area contributed by atoms with Gasteiger partial charge in [-0.25, -0.2) is 15.0 Å². The molecule has 0 saturated carbocycles. The van der Waals surface area contributed by atoms with E-state index >= 15 is 0 Å². The molecular weight excluding hydrogens is 380 g/mol. The van der Waals surface area contributed by atoms with Crippen molar-refractivity contribution in [2.24, 2.45) is 0 Å². The van der Waals surface area contributed by atoms with Gasteiger partial charge in [0.1, 0.15) is 5.69 Å². The van der Waals surface area contributed by atoms with Crippen LogP contribution in [0.5, 0.6) is 0 Å². The molecule has 0 radical (unpaired) electrons. The van der Waals surface area contributed by atoms with Crippen LogP contribution >= 0.6 is 0 Å². The van der Waals surface area contributed by atoms with Gasteiger partial charge in [0.05, 0.1) is 17.0 Å². The van der Waals surface area contributed by atoms with Crippen LogP contribution < -0.4 is 5.32 Å². The Kier molecular flexibility index (Phi) is 4.97. The molecule has 0 saturated heterocycles. The Morgan fingerprint density at radius 2 is 1.80 bits per heavy atom. The molecule has 0 atom stereocenters. The highest BCUT2D eigenvalue weighted by molar-refractivity contribution is 6.05. The van der Waals surface area contributed by atoms with Crippen molar-refractivity contribution in [2.75, 3.05) is 19.4 Å². The molecule has 4 rings (SSSR count). The summed E-state index contributed by atoms with van der Waals surface area (Å²) in [5, 5.41) is 2.86. The summed E-state index contributed by atoms with van der Waals surface area (Å²) < 4.78 is 1.85. The lowest BCUT2D eigenvalue weighted by atomic mass is 10.1. The zero-order chi connectivity index (χ0) is 21.3. The lowest BCUT2D eigenvalue weighted by molar-refractivity contribution is 0.0821. The fourth-order valence-corrected chi connectivity index (χ4v) is 3.04. The number of hydrogen-bond donors (Lipinski definition) is 1. The zero-order valence-electron chi connectivity index (χ0n) is 16.8. The van der Waals surface area contributed by atoms with Crippen molar-refractivity contribution >= 4 is 23.3 Å². The first-order valence-electron chi connectivity index (χ1n) is 9.33. The number of aryl methyl sites for hydroxylation is 1. The minimum atomic E-state index is -0.284. The molecule has 1 N–H and O–H groups in total. The van der Waals surface area contributed by atoms with Gasteiger partial charge in [0.2, 0.25) is 5.78 Å². The predicted octanol–water partition coefficient (Wildman–Crippen LogP) is 3.05. The minimum Gasteiger partial charge on any atom is -0.343 e. The predicted molar refractivity (Wildman–Crippen MR) is 113 cm³/mol. The Bertz CT molecular complexity index is 1210. The van der Waals surface area contributed by atoms with Gasteiger partial charge in [-0.2, -0.15) is 0 Å². The van der Waals surface area contributed by atoms with E-state index in [0.29, 0.717) is 28.4 Å². The van der Waals surface area contributed by atoms with Crippen molar-refractivity contribution in [3.63, 3.8) is 0 Å². The molecule has 3 heterocycles. The zero-order valence-corrected chi connectivity index (χ0v) is 16.8. The largest absolute Gasteiger partial charge is 0.343 e. The number of nitrogens with one attached hydrogen (secondary N) is 1. The van der Waals surface area contributed by atoms with Gasteiger partial charge in [-0.15, -0.1) is 0 Å². The van der Waals surface area contributed by atoms with E-state index in [9.17, 15) is 9.59 Å². The monoisotopic (exact) mass is 400 g/mol. The van der Waals surface area contributed by atoms with Crippen LogP contribution in [0.3, 0.4) is 0 Å². The van der Waals surface area contributed by atoms with E-state index in [1.54, 1.807) is 39.3 Å². The molecule has 4 aromatic rings. The molecule has 0 bridgehead atoms. The molecule has 3 aromatic heterocycles. The number of anilines is 1. The number of rotatable bonds is 4. The molecule has 0 aliphatic heterocycles. The summed E-state index contributed by atoms with van der Waals surface area (Å²) >= 11 is 0. The van der Waals surface area contributed by atoms with E-state index in [4.69, 9.17) is 0 Å². The first-order chi connectivity index (χ1) is 14.4. The Morgan fingerprint density at radius 3 is 2.47 bits per heavy atom. The van der Waals surface area contributed by atoms with E-state index < -0.39 is 0 Å². The number of imidazole rings is 1. The van der Waals surface area contributed by atoms with Crippen LogP contribution in [0, 0.1) is 6.92 Å². The van der Waals surface area contributed by atoms with Crippen molar-refractivity contribution in [2.45, 2.75) is 6.92 Å². The van der Waals surface area contributed by atoms with Crippen LogP contribution in [0.1, 0.15) is 26.5 Å². The Morgan fingerprint density at radius 1 is 1.03 bits per heavy atom. The fraction of sp³-hybridized carbons (Fsp3) is 0.136. The summed E-state index contributed by atoms with van der Waals surface area (Å²) in [5.74, 6) is 0.139. The lowest BCUT2D eigenvalue weighted by Gasteiger charge is -2.12. The maximum absolute atomic E-state index is 12.7. The average molecular weight is 400 g/mol. The van der Waals surface area contributed by atoms with Crippen LogP contribution in [0.2, 0.25) is 0 Å². The van der Waals surface area contributed by atoms with Gasteiger partial charge in [0, 0.05) is 43.9 Å². The number of hydrogen-bond acceptors (Lipinski definition) is 5. The van der Waals surface area contributed by atoms with Crippen molar-refractivity contribution in [1.82, 2.24) is 24.3 Å². The van der Waals surface area contributed by atoms with Crippen LogP contribution in [0.15, 0.2) is 61.1 Å². The van der Waals surface area contributed by atoms with Crippen molar-refractivity contribution in [3.05, 3.63) is 78.0 Å². The van der Waals surface area contributed by atoms with Gasteiger partial charge in [-0.3, -0.25) is 14.0 Å². The highest BCUT2D eigenvalue weighted by Gasteiger charge is 2.15. The van der Waals surface area contributed by atoms with E-state index in [0.717, 1.165) is 11.3 Å². The van der Waals surface area contributed by atoms with Crippen molar-refractivity contribution in [3.8, 4) is 11.3 Å². The normalized spacial score (nSPS) is 10.8. The van der Waals surface area contributed by atoms with Gasteiger partial charge < -0.3 is 10.2 Å². The van der Waals surface area contributed by atoms with Crippen LogP contribution in [-0.2, 0) is 0 Å². The summed E-state index contributed by atoms with van der Waals surface area (Å²) in [6, 6.07) is 12.4. The average Bonchev–Trinajstić information content (AvgIpc) is 3.17. The van der Waals surface area contributed by atoms with E-state index in [-0.39, 0.29) is 11.8 Å². The van der Waals surface area contributed by atoms with Crippen LogP contribution in [0.4, 0.5) is 5.69 Å². The Balaban J connectivity index is 1.50. The second kappa shape index (κ2) is 7.75. The second-order valence-corrected chi connectivity index (χ2v) is 7.01. The Hall–Kier alpha value is -4.07. The van der Waals surface area contributed by atoms with E-state index in [2.05, 4.69) is 20.3 Å². The standard InChI is InChI=1S/C22H20N6O2/c1-14-17(9-10-18(24-14)21(30)27(2)3)20(29)25-16-7-5-15(6-8-16)19-13-28-12-4-11-23-22(28)26-19/h4-13H,1-3H3,(H,25,29). The smallest absolute Gasteiger partial charge is 0.271 e. The summed E-state index contributed by atoms with van der Waals surface area (Å²) in [5.41, 5.74) is 3.59. The SMILES string of the molecule is Cc1nc(C(=O)N(C)C)ccc1C(=O)Nc1ccc(-c2cn3cccnc3n2)cc1. The second-order valence-electron chi connectivity index (χ2n) is 7.01. The third-order valence-corrected chi connectivity index (χ3v) is 4.63. The topological polar surface area (TPSA) is 92.5 Å². The quantitative estimate of drug-likeness (QED) is 0.568. The van der Waals surface area contributed by atoms with Crippen LogP contribution in [0.25, 0.3) is 17.0 Å². The fourth-order valence-electron chi connectivity index (χ4n) is 3.04. The van der Waals surface area contributed by atoms with E-state index in [1.165, 1.54) is 4.90 Å². The van der Waals surface area contributed by atoms with Gasteiger partial charge >= 0.3 is 0 Å². The first-order valence-corrected chi connectivity index (χ1v) is 9.33. The number of fused-ring (bicyclic) bond motifs is 1. The highest BCUT2D eigenvalue weighted by atomic mass is 16.2. The molecule has 8 heteroatoms. The van der Waals surface area contributed by atoms with Gasteiger partial charge in [-0.1, -0.05) is 12.1 Å². The number of benzene rings is 1. The molecular formula is C22H20N6O2. The summed E-state index contributed by atoms with van der Waals surface area (Å²) in [6.07, 6.45) is 5.49. The van der Waals surface area contributed by atoms with Gasteiger partial charge in [0.25, 0.3) is 11.8 Å². The number of carbonyl (C=O) groups is 2. The summed E-state index contributed by atoms with van der Waals surface area (Å²) in [4.78, 5) is 39.1. The number of nitrogens with zero attached hydrogens (tertiary/aromatic N) is 5. The van der Waals surface area contributed by atoms with Gasteiger partial charge in [0.15, 0.2) is 0 Å². The number of carbonyl (C=O) groups excluding carboxylic acids is 2. The third-order valence-electron chi connectivity index (χ3n) is 4.63. The molecule has 150 valence electrons. The molecule has 0 aliphatic carbocycles. The first kappa shape index (κ1) is 19.3. The molecule has 0 unspecified atom stereocenters. The maximum Gasteiger partial charge on any atom is 0.271 e. The summed E-state index contributed by atoms with van der Waals surface area (Å²) in [6.45, 7) is 1.71. The lowest BCUT2D eigenvalue weighted by Crippen LogP contribution is -2.23. The number of aromatic nitrogens is 4. The molecule has 0 spiro atoms. The third kappa shape index (κ3) is 3.75. The highest BCUT2D eigenvalue weighted by Crippen LogP contribution is 2.21. The maximum atomic E-state index is 12.7. The molecule has 1 aromatic carbocycles. The Labute approximate surface area is 173 Å². The molecule has 30 heavy (non-hydrogen) atoms.